The van der Waals surface area contributed by atoms with Gasteiger partial charge in [-0.2, -0.15) is 4.98 Å². The Morgan fingerprint density at radius 3 is 2.94 bits per heavy atom. The molecule has 2 N–H and O–H groups in total. The summed E-state index contributed by atoms with van der Waals surface area (Å²) in [7, 11) is 1.65. The summed E-state index contributed by atoms with van der Waals surface area (Å²) in [4.78, 5) is 8.48. The van der Waals surface area contributed by atoms with Crippen LogP contribution in [0.1, 0.15) is 43.3 Å². The topological polar surface area (TPSA) is 87.1 Å². The summed E-state index contributed by atoms with van der Waals surface area (Å²) in [6.07, 6.45) is 2.28. The first-order chi connectivity index (χ1) is 8.72. The number of hydrogen-bond donors (Lipinski definition) is 1. The van der Waals surface area contributed by atoms with Crippen molar-refractivity contribution in [1.29, 1.82) is 0 Å². The summed E-state index contributed by atoms with van der Waals surface area (Å²) < 4.78 is 10.5. The lowest BCUT2D eigenvalue weighted by Crippen LogP contribution is -2.03. The Kier molecular flexibility index (Phi) is 4.27. The predicted molar refractivity (Wildman–Crippen MR) is 68.3 cm³/mol. The van der Waals surface area contributed by atoms with E-state index in [1.54, 1.807) is 7.11 Å². The third-order valence-corrected chi connectivity index (χ3v) is 3.23. The number of thiazole rings is 1. The molecule has 0 saturated carbocycles. The van der Waals surface area contributed by atoms with Crippen LogP contribution in [0.4, 0.5) is 5.13 Å². The van der Waals surface area contributed by atoms with Gasteiger partial charge in [0.15, 0.2) is 5.13 Å². The molecule has 7 heteroatoms. The maximum atomic E-state index is 5.57. The Labute approximate surface area is 109 Å². The molecule has 1 unspecified atom stereocenters. The predicted octanol–water partition coefficient (Wildman–Crippen LogP) is 2.19. The van der Waals surface area contributed by atoms with Crippen LogP contribution in [0.5, 0.6) is 0 Å². The van der Waals surface area contributed by atoms with Gasteiger partial charge in [-0.1, -0.05) is 18.5 Å². The molecule has 0 fully saturated rings. The summed E-state index contributed by atoms with van der Waals surface area (Å²) in [6, 6.07) is 0. The molecule has 0 saturated heterocycles. The van der Waals surface area contributed by atoms with E-state index >= 15 is 0 Å². The molecule has 2 aromatic heterocycles. The minimum absolute atomic E-state index is 0.104. The maximum Gasteiger partial charge on any atom is 0.232 e. The van der Waals surface area contributed by atoms with Crippen LogP contribution < -0.4 is 5.73 Å². The SMILES string of the molecule is CCCC(OC)c1noc(Cc2csc(N)n2)n1. The fourth-order valence-electron chi connectivity index (χ4n) is 1.64. The van der Waals surface area contributed by atoms with Gasteiger partial charge in [0.05, 0.1) is 12.1 Å². The van der Waals surface area contributed by atoms with Crippen LogP contribution in [0.25, 0.3) is 0 Å². The molecule has 0 radical (unpaired) electrons. The zero-order chi connectivity index (χ0) is 13.0. The lowest BCUT2D eigenvalue weighted by atomic mass is 10.2. The number of rotatable bonds is 6. The number of nitrogens with zero attached hydrogens (tertiary/aromatic N) is 3. The standard InChI is InChI=1S/C11H16N4O2S/c1-3-4-8(16-2)10-14-9(17-15-10)5-7-6-18-11(12)13-7/h6,8H,3-5H2,1-2H3,(H2,12,13). The molecule has 0 aliphatic rings. The second-order valence-electron chi connectivity index (χ2n) is 3.91. The molecule has 2 aromatic rings. The number of methoxy groups -OCH3 is 1. The number of nitrogens with two attached hydrogens (primary N) is 1. The molecule has 2 heterocycles. The van der Waals surface area contributed by atoms with Crippen LogP contribution in [0.2, 0.25) is 0 Å². The minimum Gasteiger partial charge on any atom is -0.375 e. The van der Waals surface area contributed by atoms with Crippen molar-refractivity contribution in [2.75, 3.05) is 12.8 Å². The van der Waals surface area contributed by atoms with Gasteiger partial charge in [0, 0.05) is 12.5 Å². The second kappa shape index (κ2) is 5.92. The molecular weight excluding hydrogens is 252 g/mol. The van der Waals surface area contributed by atoms with E-state index in [4.69, 9.17) is 15.0 Å². The number of anilines is 1. The summed E-state index contributed by atoms with van der Waals surface area (Å²) in [5.41, 5.74) is 6.41. The molecule has 0 spiro atoms. The average molecular weight is 268 g/mol. The van der Waals surface area contributed by atoms with Crippen molar-refractivity contribution in [1.82, 2.24) is 15.1 Å². The van der Waals surface area contributed by atoms with Gasteiger partial charge in [0.2, 0.25) is 11.7 Å². The molecule has 6 nitrogen and oxygen atoms in total. The number of hydrogen-bond acceptors (Lipinski definition) is 7. The van der Waals surface area contributed by atoms with E-state index in [9.17, 15) is 0 Å². The van der Waals surface area contributed by atoms with Gasteiger partial charge in [0.1, 0.15) is 6.10 Å². The molecule has 0 amide bonds. The van der Waals surface area contributed by atoms with Crippen molar-refractivity contribution in [3.8, 4) is 0 Å². The Bertz CT molecular complexity index is 497. The first-order valence-corrected chi connectivity index (χ1v) is 6.66. The Morgan fingerprint density at radius 2 is 2.33 bits per heavy atom. The van der Waals surface area contributed by atoms with E-state index < -0.39 is 0 Å². The third-order valence-electron chi connectivity index (χ3n) is 2.51. The van der Waals surface area contributed by atoms with Crippen molar-refractivity contribution in [2.24, 2.45) is 0 Å². The Balaban J connectivity index is 2.05. The molecule has 0 aliphatic heterocycles. The zero-order valence-corrected chi connectivity index (χ0v) is 11.2. The van der Waals surface area contributed by atoms with E-state index in [2.05, 4.69) is 22.0 Å². The number of nitrogen functional groups attached to an aromatic ring is 1. The summed E-state index contributed by atoms with van der Waals surface area (Å²) in [5.74, 6) is 1.13. The summed E-state index contributed by atoms with van der Waals surface area (Å²) in [6.45, 7) is 2.09. The van der Waals surface area contributed by atoms with Crippen molar-refractivity contribution >= 4 is 16.5 Å². The summed E-state index contributed by atoms with van der Waals surface area (Å²) in [5, 5.41) is 6.38. The number of ether oxygens (including phenoxy) is 1. The smallest absolute Gasteiger partial charge is 0.232 e. The number of aromatic nitrogens is 3. The Hall–Kier alpha value is -1.47. The van der Waals surface area contributed by atoms with Gasteiger partial charge < -0.3 is 15.0 Å². The largest absolute Gasteiger partial charge is 0.375 e. The van der Waals surface area contributed by atoms with E-state index in [-0.39, 0.29) is 6.10 Å². The first-order valence-electron chi connectivity index (χ1n) is 5.78. The second-order valence-corrected chi connectivity index (χ2v) is 4.80. The van der Waals surface area contributed by atoms with Gasteiger partial charge >= 0.3 is 0 Å². The highest BCUT2D eigenvalue weighted by atomic mass is 32.1. The van der Waals surface area contributed by atoms with Gasteiger partial charge in [-0.3, -0.25) is 0 Å². The van der Waals surface area contributed by atoms with Crippen LogP contribution in [0, 0.1) is 0 Å². The van der Waals surface area contributed by atoms with Gasteiger partial charge in [-0.05, 0) is 6.42 Å². The molecule has 18 heavy (non-hydrogen) atoms. The quantitative estimate of drug-likeness (QED) is 0.864. The van der Waals surface area contributed by atoms with Crippen molar-refractivity contribution in [2.45, 2.75) is 32.3 Å². The van der Waals surface area contributed by atoms with E-state index in [1.165, 1.54) is 11.3 Å². The lowest BCUT2D eigenvalue weighted by Gasteiger charge is -2.08. The highest BCUT2D eigenvalue weighted by Gasteiger charge is 2.17. The first kappa shape index (κ1) is 13.0. The normalized spacial score (nSPS) is 12.8. The highest BCUT2D eigenvalue weighted by molar-refractivity contribution is 7.13. The molecule has 0 aliphatic carbocycles. The zero-order valence-electron chi connectivity index (χ0n) is 10.4. The lowest BCUT2D eigenvalue weighted by molar-refractivity contribution is 0.0854. The van der Waals surface area contributed by atoms with E-state index in [0.29, 0.717) is 23.3 Å². The average Bonchev–Trinajstić information content (AvgIpc) is 2.96. The monoisotopic (exact) mass is 268 g/mol. The molecule has 2 rings (SSSR count). The van der Waals surface area contributed by atoms with E-state index in [1.807, 2.05) is 5.38 Å². The molecular formula is C11H16N4O2S. The molecule has 1 atom stereocenters. The van der Waals surface area contributed by atoms with E-state index in [0.717, 1.165) is 18.5 Å². The van der Waals surface area contributed by atoms with Gasteiger partial charge in [0.25, 0.3) is 0 Å². The molecule has 98 valence electrons. The summed E-state index contributed by atoms with van der Waals surface area (Å²) >= 11 is 1.40. The minimum atomic E-state index is -0.104. The Morgan fingerprint density at radius 1 is 1.50 bits per heavy atom. The molecule has 0 aromatic carbocycles. The van der Waals surface area contributed by atoms with Crippen molar-refractivity contribution in [3.63, 3.8) is 0 Å². The highest BCUT2D eigenvalue weighted by Crippen LogP contribution is 2.20. The van der Waals surface area contributed by atoms with Crippen molar-refractivity contribution < 1.29 is 9.26 Å². The van der Waals surface area contributed by atoms with Gasteiger partial charge in [-0.25, -0.2) is 4.98 Å². The third kappa shape index (κ3) is 3.05. The van der Waals surface area contributed by atoms with Crippen LogP contribution in [0.3, 0.4) is 0 Å². The van der Waals surface area contributed by atoms with Crippen LogP contribution in [-0.2, 0) is 11.2 Å². The van der Waals surface area contributed by atoms with Crippen molar-refractivity contribution in [3.05, 3.63) is 22.8 Å². The van der Waals surface area contributed by atoms with Crippen LogP contribution >= 0.6 is 11.3 Å². The fraction of sp³-hybridized carbons (Fsp3) is 0.545. The van der Waals surface area contributed by atoms with Crippen LogP contribution in [-0.4, -0.2) is 22.2 Å². The maximum absolute atomic E-state index is 5.57. The van der Waals surface area contributed by atoms with Crippen LogP contribution in [0.15, 0.2) is 9.90 Å². The fourth-order valence-corrected chi connectivity index (χ4v) is 2.21. The molecule has 0 bridgehead atoms. The van der Waals surface area contributed by atoms with Gasteiger partial charge in [-0.15, -0.1) is 11.3 Å².